The van der Waals surface area contributed by atoms with Crippen LogP contribution in [0.2, 0.25) is 15.1 Å². The van der Waals surface area contributed by atoms with E-state index >= 15 is 0 Å². The second kappa shape index (κ2) is 9.93. The van der Waals surface area contributed by atoms with Gasteiger partial charge in [-0.15, -0.1) is 0 Å². The molecule has 5 rings (SSSR count). The summed E-state index contributed by atoms with van der Waals surface area (Å²) in [5, 5.41) is 11.1. The highest BCUT2D eigenvalue weighted by molar-refractivity contribution is 6.42. The normalized spacial score (nSPS) is 14.9. The number of aryl methyl sites for hydroxylation is 1. The van der Waals surface area contributed by atoms with Crippen LogP contribution in [-0.4, -0.2) is 45.5 Å². The summed E-state index contributed by atoms with van der Waals surface area (Å²) < 4.78 is 1.62. The molecule has 0 aliphatic heterocycles. The Balaban J connectivity index is 1.77. The van der Waals surface area contributed by atoms with Crippen molar-refractivity contribution >= 4 is 63.7 Å². The Hall–Kier alpha value is -3.03. The van der Waals surface area contributed by atoms with Crippen molar-refractivity contribution in [2.24, 2.45) is 0 Å². The van der Waals surface area contributed by atoms with Gasteiger partial charge in [0.2, 0.25) is 0 Å². The molecule has 1 fully saturated rings. The minimum Gasteiger partial charge on any atom is -0.478 e. The Morgan fingerprint density at radius 3 is 2.39 bits per heavy atom. The maximum absolute atomic E-state index is 14.5. The van der Waals surface area contributed by atoms with Gasteiger partial charge in [0.1, 0.15) is 0 Å². The molecule has 0 atom stereocenters. The molecule has 0 saturated heterocycles. The Bertz CT molecular complexity index is 1600. The Kier molecular flexibility index (Phi) is 6.95. The van der Waals surface area contributed by atoms with Crippen LogP contribution in [0, 0.1) is 6.92 Å². The Labute approximate surface area is 235 Å². The molecular weight excluding hydrogens is 545 g/mol. The molecule has 0 amide bonds. The van der Waals surface area contributed by atoms with Crippen LogP contribution in [0.25, 0.3) is 28.1 Å². The summed E-state index contributed by atoms with van der Waals surface area (Å²) in [5.74, 6) is -1.27. The summed E-state index contributed by atoms with van der Waals surface area (Å²) in [7, 11) is 4.04. The number of nitrogens with one attached hydrogen (secondary N) is 1. The van der Waals surface area contributed by atoms with Crippen LogP contribution in [-0.2, 0) is 10.3 Å². The van der Waals surface area contributed by atoms with Crippen LogP contribution < -0.4 is 0 Å². The first-order chi connectivity index (χ1) is 18.0. The lowest BCUT2D eigenvalue weighted by Gasteiger charge is -2.47. The van der Waals surface area contributed by atoms with Crippen LogP contribution >= 0.6 is 34.8 Å². The molecule has 4 aromatic rings. The summed E-state index contributed by atoms with van der Waals surface area (Å²) in [4.78, 5) is 31.2. The average Bonchev–Trinajstić information content (AvgIpc) is 3.38. The molecule has 0 spiro atoms. The molecule has 9 heteroatoms. The van der Waals surface area contributed by atoms with Gasteiger partial charge in [0.05, 0.1) is 26.7 Å². The summed E-state index contributed by atoms with van der Waals surface area (Å²) in [6.45, 7) is 1.91. The van der Waals surface area contributed by atoms with Crippen molar-refractivity contribution in [3.05, 3.63) is 86.3 Å². The number of carbonyl (C=O) groups is 2. The zero-order chi connectivity index (χ0) is 27.4. The first-order valence-corrected chi connectivity index (χ1v) is 13.3. The Morgan fingerprint density at radius 2 is 1.82 bits per heavy atom. The second-order valence-electron chi connectivity index (χ2n) is 9.88. The van der Waals surface area contributed by atoms with Crippen molar-refractivity contribution < 1.29 is 14.7 Å². The summed E-state index contributed by atoms with van der Waals surface area (Å²) in [5.41, 5.74) is 4.37. The van der Waals surface area contributed by atoms with E-state index in [2.05, 4.69) is 9.88 Å². The highest BCUT2D eigenvalue weighted by atomic mass is 35.5. The van der Waals surface area contributed by atoms with Crippen LogP contribution in [0.1, 0.15) is 46.4 Å². The van der Waals surface area contributed by atoms with Crippen LogP contribution in [0.3, 0.4) is 0 Å². The number of nitrogens with zero attached hydrogens (tertiary/aromatic N) is 2. The number of aromatic nitrogens is 2. The molecule has 2 aromatic heterocycles. The smallest absolute Gasteiger partial charge is 0.328 e. The number of hydrogen-bond donors (Lipinski definition) is 2. The van der Waals surface area contributed by atoms with Crippen LogP contribution in [0.5, 0.6) is 0 Å². The molecule has 0 unspecified atom stereocenters. The number of rotatable bonds is 6. The van der Waals surface area contributed by atoms with E-state index in [1.54, 1.807) is 35.2 Å². The van der Waals surface area contributed by atoms with E-state index in [4.69, 9.17) is 39.9 Å². The molecule has 0 bridgehead atoms. The van der Waals surface area contributed by atoms with Gasteiger partial charge in [-0.3, -0.25) is 14.3 Å². The van der Waals surface area contributed by atoms with Gasteiger partial charge in [-0.05, 0) is 75.7 Å². The van der Waals surface area contributed by atoms with Gasteiger partial charge in [0.25, 0.3) is 5.91 Å². The molecule has 1 aliphatic carbocycles. The zero-order valence-corrected chi connectivity index (χ0v) is 23.4. The Morgan fingerprint density at radius 1 is 1.13 bits per heavy atom. The summed E-state index contributed by atoms with van der Waals surface area (Å²) in [6, 6.07) is 8.74. The third kappa shape index (κ3) is 4.26. The minimum absolute atomic E-state index is 0.232. The molecule has 6 nitrogen and oxygen atoms in total. The standard InChI is InChI=1S/C29H26Cl3N3O3/c1-16-15-35(22-7-4-6-17(24(16)22)8-9-23(36)37)28(38)26-19(25-20(31)12-18(30)13-21(25)32)14-33-27(26)29(34(2)3)10-5-11-29/h4,6-9,12-15,33H,5,10-11H2,1-3H3,(H,36,37)/b9-8+. The maximum atomic E-state index is 14.5. The SMILES string of the molecule is Cc1cn(C(=O)c2c(-c3c(Cl)cc(Cl)cc3Cl)c[nH]c2C2(N(C)C)CCC2)c2cccc(/C=C/C(=O)O)c12. The monoisotopic (exact) mass is 569 g/mol. The number of aromatic amines is 1. The van der Waals surface area contributed by atoms with Crippen molar-refractivity contribution in [2.75, 3.05) is 14.1 Å². The van der Waals surface area contributed by atoms with E-state index < -0.39 is 5.97 Å². The number of carboxylic acids is 1. The predicted molar refractivity (Wildman–Crippen MR) is 154 cm³/mol. The van der Waals surface area contributed by atoms with Crippen molar-refractivity contribution in [2.45, 2.75) is 31.7 Å². The predicted octanol–water partition coefficient (Wildman–Crippen LogP) is 7.63. The van der Waals surface area contributed by atoms with Gasteiger partial charge >= 0.3 is 5.97 Å². The molecule has 2 N–H and O–H groups in total. The third-order valence-electron chi connectivity index (χ3n) is 7.55. The first kappa shape index (κ1) is 26.6. The molecule has 1 aliphatic rings. The fourth-order valence-electron chi connectivity index (χ4n) is 5.55. The van der Waals surface area contributed by atoms with Crippen molar-refractivity contribution in [1.82, 2.24) is 14.5 Å². The van der Waals surface area contributed by atoms with Crippen LogP contribution in [0.4, 0.5) is 0 Å². The summed E-state index contributed by atoms with van der Waals surface area (Å²) >= 11 is 19.5. The minimum atomic E-state index is -1.04. The molecule has 38 heavy (non-hydrogen) atoms. The third-order valence-corrected chi connectivity index (χ3v) is 8.36. The largest absolute Gasteiger partial charge is 0.478 e. The lowest BCUT2D eigenvalue weighted by atomic mass is 9.71. The molecule has 2 heterocycles. The number of fused-ring (bicyclic) bond motifs is 1. The van der Waals surface area contributed by atoms with E-state index in [-0.39, 0.29) is 11.4 Å². The first-order valence-electron chi connectivity index (χ1n) is 12.2. The number of hydrogen-bond acceptors (Lipinski definition) is 3. The average molecular weight is 571 g/mol. The number of H-pyrrole nitrogens is 1. The molecular formula is C29H26Cl3N3O3. The number of carboxylic acid groups (broad SMARTS) is 1. The number of aliphatic carboxylic acids is 1. The van der Waals surface area contributed by atoms with E-state index in [9.17, 15) is 9.59 Å². The summed E-state index contributed by atoms with van der Waals surface area (Å²) in [6.07, 6.45) is 9.08. The van der Waals surface area contributed by atoms with Gasteiger partial charge in [-0.1, -0.05) is 46.9 Å². The van der Waals surface area contributed by atoms with Gasteiger partial charge in [-0.2, -0.15) is 0 Å². The molecule has 0 radical (unpaired) electrons. The maximum Gasteiger partial charge on any atom is 0.328 e. The molecule has 196 valence electrons. The fourth-order valence-corrected chi connectivity index (χ4v) is 6.57. The lowest BCUT2D eigenvalue weighted by molar-refractivity contribution is -0.131. The van der Waals surface area contributed by atoms with Crippen LogP contribution in [0.15, 0.2) is 48.8 Å². The van der Waals surface area contributed by atoms with Gasteiger partial charge in [0, 0.05) is 45.7 Å². The van der Waals surface area contributed by atoms with Gasteiger partial charge in [0.15, 0.2) is 0 Å². The number of carbonyl (C=O) groups excluding carboxylic acids is 1. The van der Waals surface area contributed by atoms with E-state index in [0.717, 1.165) is 47.5 Å². The number of benzene rings is 2. The van der Waals surface area contributed by atoms with E-state index in [1.807, 2.05) is 39.2 Å². The van der Waals surface area contributed by atoms with Gasteiger partial charge < -0.3 is 10.1 Å². The second-order valence-corrected chi connectivity index (χ2v) is 11.1. The lowest BCUT2D eigenvalue weighted by Crippen LogP contribution is -2.48. The van der Waals surface area contributed by atoms with E-state index in [1.165, 1.54) is 0 Å². The highest BCUT2D eigenvalue weighted by Gasteiger charge is 2.45. The van der Waals surface area contributed by atoms with Crippen molar-refractivity contribution in [1.29, 1.82) is 0 Å². The van der Waals surface area contributed by atoms with Crippen molar-refractivity contribution in [3.63, 3.8) is 0 Å². The molecule has 2 aromatic carbocycles. The fraction of sp³-hybridized carbons (Fsp3) is 0.241. The number of halogens is 3. The topological polar surface area (TPSA) is 78.3 Å². The quantitative estimate of drug-likeness (QED) is 0.234. The zero-order valence-electron chi connectivity index (χ0n) is 21.1. The van der Waals surface area contributed by atoms with E-state index in [0.29, 0.717) is 37.3 Å². The highest BCUT2D eigenvalue weighted by Crippen LogP contribution is 2.49. The van der Waals surface area contributed by atoms with Crippen molar-refractivity contribution in [3.8, 4) is 11.1 Å². The van der Waals surface area contributed by atoms with Gasteiger partial charge in [-0.25, -0.2) is 4.79 Å². The molecule has 1 saturated carbocycles.